The first kappa shape index (κ1) is 17.8. The van der Waals surface area contributed by atoms with Crippen LogP contribution in [0.1, 0.15) is 63.9 Å². The molecular formula is C17H27ClN2O. The first-order valence-corrected chi connectivity index (χ1v) is 8.29. The second-order valence-corrected chi connectivity index (χ2v) is 5.79. The van der Waals surface area contributed by atoms with Crippen LogP contribution in [0.5, 0.6) is 5.75 Å². The molecule has 0 unspecified atom stereocenters. The van der Waals surface area contributed by atoms with Crippen molar-refractivity contribution in [3.8, 4) is 5.75 Å². The van der Waals surface area contributed by atoms with Gasteiger partial charge in [0.1, 0.15) is 11.6 Å². The smallest absolute Gasteiger partial charge is 0.137 e. The number of nitrogens with one attached hydrogen (secondary N) is 1. The molecule has 0 atom stereocenters. The third kappa shape index (κ3) is 7.37. The Labute approximate surface area is 133 Å². The number of nitrogen functional groups attached to an aromatic ring is 1. The molecular weight excluding hydrogens is 284 g/mol. The Hall–Kier alpha value is -1.22. The fraction of sp³-hybridized carbons (Fsp3) is 0.588. The molecule has 0 aromatic heterocycles. The number of hydrogen-bond donors (Lipinski definition) is 2. The summed E-state index contributed by atoms with van der Waals surface area (Å²) in [6.45, 7) is 2.93. The third-order valence-corrected chi connectivity index (χ3v) is 3.79. The average Bonchev–Trinajstić information content (AvgIpc) is 2.46. The van der Waals surface area contributed by atoms with Crippen molar-refractivity contribution in [2.45, 2.75) is 58.3 Å². The minimum atomic E-state index is 0.0199. The number of amidine groups is 1. The summed E-state index contributed by atoms with van der Waals surface area (Å²) in [5.41, 5.74) is 6.04. The van der Waals surface area contributed by atoms with E-state index in [4.69, 9.17) is 27.5 Å². The van der Waals surface area contributed by atoms with Crippen LogP contribution in [0.2, 0.25) is 5.02 Å². The van der Waals surface area contributed by atoms with E-state index in [9.17, 15) is 0 Å². The van der Waals surface area contributed by atoms with Gasteiger partial charge in [0.2, 0.25) is 0 Å². The van der Waals surface area contributed by atoms with E-state index < -0.39 is 0 Å². The number of rotatable bonds is 11. The summed E-state index contributed by atoms with van der Waals surface area (Å²) in [7, 11) is 0. The van der Waals surface area contributed by atoms with Gasteiger partial charge in [-0.3, -0.25) is 5.41 Å². The van der Waals surface area contributed by atoms with Crippen molar-refractivity contribution < 1.29 is 4.74 Å². The molecule has 21 heavy (non-hydrogen) atoms. The molecule has 4 heteroatoms. The van der Waals surface area contributed by atoms with E-state index in [1.54, 1.807) is 18.2 Å². The Balaban J connectivity index is 2.14. The Morgan fingerprint density at radius 3 is 2.29 bits per heavy atom. The van der Waals surface area contributed by atoms with Crippen LogP contribution in [0.25, 0.3) is 0 Å². The van der Waals surface area contributed by atoms with Gasteiger partial charge in [0, 0.05) is 5.56 Å². The molecule has 0 aliphatic carbocycles. The fourth-order valence-corrected chi connectivity index (χ4v) is 2.44. The zero-order valence-electron chi connectivity index (χ0n) is 13.0. The molecule has 0 bridgehead atoms. The molecule has 0 saturated carbocycles. The quantitative estimate of drug-likeness (QED) is 0.337. The maximum absolute atomic E-state index is 7.36. The van der Waals surface area contributed by atoms with E-state index in [1.807, 2.05) is 0 Å². The van der Waals surface area contributed by atoms with Crippen LogP contribution < -0.4 is 10.5 Å². The normalized spacial score (nSPS) is 10.6. The summed E-state index contributed by atoms with van der Waals surface area (Å²) < 4.78 is 5.67. The van der Waals surface area contributed by atoms with Gasteiger partial charge in [0.25, 0.3) is 0 Å². The van der Waals surface area contributed by atoms with Crippen molar-refractivity contribution in [3.05, 3.63) is 28.8 Å². The van der Waals surface area contributed by atoms with E-state index in [0.717, 1.165) is 6.42 Å². The van der Waals surface area contributed by atoms with Crippen LogP contribution in [0, 0.1) is 5.41 Å². The first-order valence-electron chi connectivity index (χ1n) is 7.92. The van der Waals surface area contributed by atoms with Gasteiger partial charge >= 0.3 is 0 Å². The molecule has 1 aromatic rings. The van der Waals surface area contributed by atoms with Crippen LogP contribution in [-0.4, -0.2) is 12.4 Å². The molecule has 0 aliphatic rings. The lowest BCUT2D eigenvalue weighted by molar-refractivity contribution is 0.304. The summed E-state index contributed by atoms with van der Waals surface area (Å²) in [5, 5.41) is 7.87. The maximum Gasteiger partial charge on any atom is 0.137 e. The Bertz CT molecular complexity index is 435. The van der Waals surface area contributed by atoms with Crippen molar-refractivity contribution in [3.63, 3.8) is 0 Å². The molecule has 0 amide bonds. The second kappa shape index (κ2) is 10.5. The molecule has 0 radical (unpaired) electrons. The molecule has 0 heterocycles. The van der Waals surface area contributed by atoms with Gasteiger partial charge in [0.05, 0.1) is 11.6 Å². The number of unbranched alkanes of at least 4 members (excludes halogenated alkanes) is 7. The number of nitrogens with two attached hydrogens (primary N) is 1. The van der Waals surface area contributed by atoms with Gasteiger partial charge in [-0.15, -0.1) is 0 Å². The number of benzene rings is 1. The summed E-state index contributed by atoms with van der Waals surface area (Å²) in [6.07, 6.45) is 10.2. The van der Waals surface area contributed by atoms with Gasteiger partial charge in [-0.25, -0.2) is 0 Å². The van der Waals surface area contributed by atoms with E-state index in [2.05, 4.69) is 6.92 Å². The van der Waals surface area contributed by atoms with Crippen molar-refractivity contribution in [2.24, 2.45) is 5.73 Å². The second-order valence-electron chi connectivity index (χ2n) is 5.38. The van der Waals surface area contributed by atoms with Crippen LogP contribution >= 0.6 is 11.6 Å². The van der Waals surface area contributed by atoms with E-state index in [-0.39, 0.29) is 5.84 Å². The lowest BCUT2D eigenvalue weighted by atomic mass is 10.1. The van der Waals surface area contributed by atoms with Gasteiger partial charge in [-0.2, -0.15) is 0 Å². The van der Waals surface area contributed by atoms with Gasteiger partial charge in [0.15, 0.2) is 0 Å². The fourth-order valence-electron chi connectivity index (χ4n) is 2.20. The number of hydrogen-bond acceptors (Lipinski definition) is 2. The lowest BCUT2D eigenvalue weighted by Gasteiger charge is -2.09. The minimum absolute atomic E-state index is 0.0199. The Morgan fingerprint density at radius 2 is 1.71 bits per heavy atom. The summed E-state index contributed by atoms with van der Waals surface area (Å²) in [5.74, 6) is 0.691. The van der Waals surface area contributed by atoms with Crippen molar-refractivity contribution in [2.75, 3.05) is 6.61 Å². The highest BCUT2D eigenvalue weighted by atomic mass is 35.5. The molecule has 3 nitrogen and oxygen atoms in total. The summed E-state index contributed by atoms with van der Waals surface area (Å²) in [4.78, 5) is 0. The molecule has 0 aliphatic heterocycles. The zero-order chi connectivity index (χ0) is 15.5. The van der Waals surface area contributed by atoms with Crippen LogP contribution in [0.4, 0.5) is 0 Å². The van der Waals surface area contributed by atoms with Crippen molar-refractivity contribution >= 4 is 17.4 Å². The van der Waals surface area contributed by atoms with Gasteiger partial charge < -0.3 is 10.5 Å². The van der Waals surface area contributed by atoms with Crippen LogP contribution in [-0.2, 0) is 0 Å². The molecule has 0 spiro atoms. The molecule has 0 saturated heterocycles. The van der Waals surface area contributed by atoms with E-state index in [1.165, 1.54) is 44.9 Å². The zero-order valence-corrected chi connectivity index (χ0v) is 13.7. The topological polar surface area (TPSA) is 59.1 Å². The molecule has 118 valence electrons. The Kier molecular flexibility index (Phi) is 8.91. The van der Waals surface area contributed by atoms with Gasteiger partial charge in [-0.05, 0) is 24.6 Å². The van der Waals surface area contributed by atoms with E-state index >= 15 is 0 Å². The highest BCUT2D eigenvalue weighted by molar-refractivity contribution is 6.32. The van der Waals surface area contributed by atoms with Crippen LogP contribution in [0.15, 0.2) is 18.2 Å². The predicted molar refractivity (Wildman–Crippen MR) is 90.6 cm³/mol. The largest absolute Gasteiger partial charge is 0.492 e. The van der Waals surface area contributed by atoms with Gasteiger partial charge in [-0.1, -0.05) is 63.5 Å². The van der Waals surface area contributed by atoms with Crippen molar-refractivity contribution in [1.82, 2.24) is 0 Å². The molecule has 0 fully saturated rings. The predicted octanol–water partition coefficient (Wildman–Crippen LogP) is 5.14. The van der Waals surface area contributed by atoms with Crippen molar-refractivity contribution in [1.29, 1.82) is 5.41 Å². The maximum atomic E-state index is 7.36. The van der Waals surface area contributed by atoms with E-state index in [0.29, 0.717) is 22.9 Å². The highest BCUT2D eigenvalue weighted by Crippen LogP contribution is 2.25. The van der Waals surface area contributed by atoms with Crippen LogP contribution in [0.3, 0.4) is 0 Å². The standard InChI is InChI=1S/C17H27ClN2O/c1-2-3-4-5-6-7-8-9-12-21-16-11-10-14(17(19)20)13-15(16)18/h10-11,13H,2-9,12H2,1H3,(H3,19,20). The SMILES string of the molecule is CCCCCCCCCCOc1ccc(C(=N)N)cc1Cl. The summed E-state index contributed by atoms with van der Waals surface area (Å²) >= 11 is 6.11. The molecule has 3 N–H and O–H groups in total. The summed E-state index contributed by atoms with van der Waals surface area (Å²) in [6, 6.07) is 5.22. The molecule has 1 aromatic carbocycles. The minimum Gasteiger partial charge on any atom is -0.492 e. The highest BCUT2D eigenvalue weighted by Gasteiger charge is 2.04. The monoisotopic (exact) mass is 310 g/mol. The number of ether oxygens (including phenoxy) is 1. The lowest BCUT2D eigenvalue weighted by Crippen LogP contribution is -2.10. The average molecular weight is 311 g/mol. The molecule has 1 rings (SSSR count). The number of halogens is 1. The third-order valence-electron chi connectivity index (χ3n) is 3.50. The first-order chi connectivity index (χ1) is 10.1. The Morgan fingerprint density at radius 1 is 1.10 bits per heavy atom.